The molecule has 0 bridgehead atoms. The highest BCUT2D eigenvalue weighted by atomic mass is 32.2. The van der Waals surface area contributed by atoms with E-state index in [9.17, 15) is 21.6 Å². The van der Waals surface area contributed by atoms with Crippen molar-refractivity contribution in [1.82, 2.24) is 4.31 Å². The summed E-state index contributed by atoms with van der Waals surface area (Å²) in [6, 6.07) is 7.12. The molecule has 112 valence electrons. The zero-order chi connectivity index (χ0) is 15.7. The Hall–Kier alpha value is -1.85. The van der Waals surface area contributed by atoms with Crippen molar-refractivity contribution in [2.45, 2.75) is 17.5 Å². The van der Waals surface area contributed by atoms with Crippen molar-refractivity contribution < 1.29 is 21.6 Å². The standard InChI is InChI=1S/C13H11F3N2O2S/c14-13(15,16)11-5-7-18(8-6-11)21(19,20)12-3-1-10(9-17)2-4-12/h1-5H,6-8H2. The largest absolute Gasteiger partial charge is 0.412 e. The molecule has 0 spiro atoms. The van der Waals surface area contributed by atoms with Crippen molar-refractivity contribution in [3.63, 3.8) is 0 Å². The third kappa shape index (κ3) is 3.25. The summed E-state index contributed by atoms with van der Waals surface area (Å²) in [5, 5.41) is 8.66. The molecule has 0 radical (unpaired) electrons. The van der Waals surface area contributed by atoms with Crippen LogP contribution in [0.3, 0.4) is 0 Å². The van der Waals surface area contributed by atoms with Crippen LogP contribution in [0, 0.1) is 11.3 Å². The maximum atomic E-state index is 12.5. The highest BCUT2D eigenvalue weighted by Gasteiger charge is 2.37. The number of sulfonamides is 1. The average Bonchev–Trinajstić information content (AvgIpc) is 2.46. The quantitative estimate of drug-likeness (QED) is 0.787. The molecule has 0 aromatic heterocycles. The van der Waals surface area contributed by atoms with Crippen molar-refractivity contribution in [2.75, 3.05) is 13.1 Å². The van der Waals surface area contributed by atoms with E-state index in [2.05, 4.69) is 0 Å². The Labute approximate surface area is 120 Å². The summed E-state index contributed by atoms with van der Waals surface area (Å²) < 4.78 is 63.1. The van der Waals surface area contributed by atoms with Crippen LogP contribution in [0.15, 0.2) is 40.8 Å². The summed E-state index contributed by atoms with van der Waals surface area (Å²) in [6.07, 6.45) is -3.88. The third-order valence-corrected chi connectivity index (χ3v) is 5.04. The second kappa shape index (κ2) is 5.50. The number of hydrogen-bond donors (Lipinski definition) is 0. The maximum Gasteiger partial charge on any atom is 0.412 e. The summed E-state index contributed by atoms with van der Waals surface area (Å²) in [5.74, 6) is 0. The zero-order valence-electron chi connectivity index (χ0n) is 10.8. The van der Waals surface area contributed by atoms with Gasteiger partial charge in [-0.05, 0) is 30.7 Å². The molecule has 21 heavy (non-hydrogen) atoms. The molecular weight excluding hydrogens is 305 g/mol. The van der Waals surface area contributed by atoms with E-state index >= 15 is 0 Å². The molecule has 0 aliphatic carbocycles. The lowest BCUT2D eigenvalue weighted by atomic mass is 10.1. The van der Waals surface area contributed by atoms with Crippen LogP contribution in [0.2, 0.25) is 0 Å². The lowest BCUT2D eigenvalue weighted by Crippen LogP contribution is -2.36. The lowest BCUT2D eigenvalue weighted by Gasteiger charge is -2.26. The molecule has 4 nitrogen and oxygen atoms in total. The average molecular weight is 316 g/mol. The monoisotopic (exact) mass is 316 g/mol. The highest BCUT2D eigenvalue weighted by Crippen LogP contribution is 2.31. The first-order valence-electron chi connectivity index (χ1n) is 6.01. The van der Waals surface area contributed by atoms with Crippen LogP contribution >= 0.6 is 0 Å². The SMILES string of the molecule is N#Cc1ccc(S(=O)(=O)N2CC=C(C(F)(F)F)CC2)cc1. The van der Waals surface area contributed by atoms with Gasteiger partial charge in [0.25, 0.3) is 0 Å². The first kappa shape index (κ1) is 15.5. The molecule has 0 saturated carbocycles. The van der Waals surface area contributed by atoms with E-state index in [-0.39, 0.29) is 24.4 Å². The first-order valence-corrected chi connectivity index (χ1v) is 7.45. The predicted octanol–water partition coefficient (Wildman–Crippen LogP) is 2.44. The molecular formula is C13H11F3N2O2S. The van der Waals surface area contributed by atoms with Crippen LogP contribution in [-0.4, -0.2) is 32.0 Å². The second-order valence-corrected chi connectivity index (χ2v) is 6.41. The van der Waals surface area contributed by atoms with Crippen molar-refractivity contribution >= 4 is 10.0 Å². The van der Waals surface area contributed by atoms with Crippen LogP contribution in [0.4, 0.5) is 13.2 Å². The van der Waals surface area contributed by atoms with Gasteiger partial charge in [0.05, 0.1) is 16.5 Å². The fourth-order valence-corrected chi connectivity index (χ4v) is 3.36. The van der Waals surface area contributed by atoms with Gasteiger partial charge in [-0.1, -0.05) is 6.08 Å². The number of alkyl halides is 3. The number of rotatable bonds is 2. The summed E-state index contributed by atoms with van der Waals surface area (Å²) in [4.78, 5) is -0.0367. The van der Waals surface area contributed by atoms with Gasteiger partial charge in [-0.15, -0.1) is 0 Å². The summed E-state index contributed by atoms with van der Waals surface area (Å²) in [7, 11) is -3.84. The minimum absolute atomic E-state index is 0.0367. The molecule has 0 saturated heterocycles. The van der Waals surface area contributed by atoms with E-state index in [1.54, 1.807) is 0 Å². The van der Waals surface area contributed by atoms with E-state index in [1.165, 1.54) is 24.3 Å². The lowest BCUT2D eigenvalue weighted by molar-refractivity contribution is -0.0953. The maximum absolute atomic E-state index is 12.5. The molecule has 1 aliphatic rings. The van der Waals surface area contributed by atoms with Crippen LogP contribution in [0.25, 0.3) is 0 Å². The normalized spacial score (nSPS) is 17.1. The smallest absolute Gasteiger partial charge is 0.207 e. The van der Waals surface area contributed by atoms with Gasteiger partial charge in [0.15, 0.2) is 0 Å². The van der Waals surface area contributed by atoms with Gasteiger partial charge in [0, 0.05) is 18.7 Å². The number of nitrogens with zero attached hydrogens (tertiary/aromatic N) is 2. The number of hydrogen-bond acceptors (Lipinski definition) is 3. The van der Waals surface area contributed by atoms with E-state index in [4.69, 9.17) is 5.26 Å². The molecule has 2 rings (SSSR count). The van der Waals surface area contributed by atoms with Crippen LogP contribution in [0.1, 0.15) is 12.0 Å². The summed E-state index contributed by atoms with van der Waals surface area (Å²) >= 11 is 0. The Morgan fingerprint density at radius 2 is 1.81 bits per heavy atom. The zero-order valence-corrected chi connectivity index (χ0v) is 11.6. The van der Waals surface area contributed by atoms with Crippen molar-refractivity contribution in [1.29, 1.82) is 5.26 Å². The van der Waals surface area contributed by atoms with E-state index in [0.717, 1.165) is 10.4 Å². The van der Waals surface area contributed by atoms with Crippen LogP contribution in [0.5, 0.6) is 0 Å². The Morgan fingerprint density at radius 3 is 2.24 bits per heavy atom. The van der Waals surface area contributed by atoms with E-state index < -0.39 is 21.8 Å². The number of halogens is 3. The van der Waals surface area contributed by atoms with Gasteiger partial charge >= 0.3 is 6.18 Å². The van der Waals surface area contributed by atoms with Crippen molar-refractivity contribution in [3.05, 3.63) is 41.5 Å². The topological polar surface area (TPSA) is 61.2 Å². The molecule has 1 heterocycles. The predicted molar refractivity (Wildman–Crippen MR) is 68.7 cm³/mol. The molecule has 1 aromatic carbocycles. The Morgan fingerprint density at radius 1 is 1.19 bits per heavy atom. The van der Waals surface area contributed by atoms with E-state index in [0.29, 0.717) is 5.56 Å². The van der Waals surface area contributed by atoms with Gasteiger partial charge in [0.2, 0.25) is 10.0 Å². The molecule has 0 unspecified atom stereocenters. The van der Waals surface area contributed by atoms with Crippen LogP contribution < -0.4 is 0 Å². The Bertz CT molecular complexity index is 700. The van der Waals surface area contributed by atoms with E-state index in [1.807, 2.05) is 6.07 Å². The summed E-state index contributed by atoms with van der Waals surface area (Å²) in [5.41, 5.74) is -0.388. The fraction of sp³-hybridized carbons (Fsp3) is 0.308. The Kier molecular flexibility index (Phi) is 4.07. The molecule has 1 aromatic rings. The van der Waals surface area contributed by atoms with Gasteiger partial charge in [-0.3, -0.25) is 0 Å². The number of benzene rings is 1. The highest BCUT2D eigenvalue weighted by molar-refractivity contribution is 7.89. The van der Waals surface area contributed by atoms with Gasteiger partial charge in [0.1, 0.15) is 0 Å². The van der Waals surface area contributed by atoms with Gasteiger partial charge in [-0.25, -0.2) is 8.42 Å². The number of nitriles is 1. The van der Waals surface area contributed by atoms with Crippen molar-refractivity contribution in [2.24, 2.45) is 0 Å². The van der Waals surface area contributed by atoms with Crippen LogP contribution in [-0.2, 0) is 10.0 Å². The molecule has 0 atom stereocenters. The Balaban J connectivity index is 2.22. The van der Waals surface area contributed by atoms with Gasteiger partial charge in [-0.2, -0.15) is 22.7 Å². The van der Waals surface area contributed by atoms with Gasteiger partial charge < -0.3 is 0 Å². The molecule has 0 amide bonds. The molecule has 0 fully saturated rings. The molecule has 8 heteroatoms. The first-order chi connectivity index (χ1) is 9.75. The van der Waals surface area contributed by atoms with Crippen molar-refractivity contribution in [3.8, 4) is 6.07 Å². The minimum atomic E-state index is -4.41. The fourth-order valence-electron chi connectivity index (χ4n) is 1.98. The second-order valence-electron chi connectivity index (χ2n) is 4.48. The molecule has 0 N–H and O–H groups in total. The molecule has 1 aliphatic heterocycles. The summed E-state index contributed by atoms with van der Waals surface area (Å²) in [6.45, 7) is -0.523. The third-order valence-electron chi connectivity index (χ3n) is 3.16. The minimum Gasteiger partial charge on any atom is -0.207 e.